The summed E-state index contributed by atoms with van der Waals surface area (Å²) in [6, 6.07) is 18.0. The van der Waals surface area contributed by atoms with Crippen LogP contribution in [0.2, 0.25) is 0 Å². The first-order chi connectivity index (χ1) is 14.2. The number of benzene rings is 2. The molecule has 1 saturated heterocycles. The van der Waals surface area contributed by atoms with E-state index in [1.807, 2.05) is 0 Å². The maximum atomic E-state index is 3.55. The number of hydrogen-bond acceptors (Lipinski definition) is 4. The second-order valence-corrected chi connectivity index (χ2v) is 7.62. The van der Waals surface area contributed by atoms with Crippen LogP contribution in [-0.4, -0.2) is 49.1 Å². The Kier molecular flexibility index (Phi) is 7.96. The molecule has 1 aliphatic heterocycles. The molecular weight excluding hydrogens is 356 g/mol. The van der Waals surface area contributed by atoms with Crippen molar-refractivity contribution < 1.29 is 0 Å². The molecule has 0 unspecified atom stereocenters. The molecule has 1 fully saturated rings. The van der Waals surface area contributed by atoms with Gasteiger partial charge in [0.25, 0.3) is 0 Å². The van der Waals surface area contributed by atoms with E-state index in [0.29, 0.717) is 0 Å². The quantitative estimate of drug-likeness (QED) is 0.581. The van der Waals surface area contributed by atoms with Gasteiger partial charge in [0.2, 0.25) is 0 Å². The number of hydrogen-bond donors (Lipinski definition) is 0. The molecule has 156 valence electrons. The number of nitrogens with zero attached hydrogens (tertiary/aromatic N) is 4. The lowest BCUT2D eigenvalue weighted by Crippen LogP contribution is -2.22. The largest absolute Gasteiger partial charge is 0.372 e. The van der Waals surface area contributed by atoms with Gasteiger partial charge in [-0.3, -0.25) is 9.80 Å². The van der Waals surface area contributed by atoms with Crippen LogP contribution in [0, 0.1) is 6.67 Å². The van der Waals surface area contributed by atoms with Crippen LogP contribution >= 0.6 is 0 Å². The van der Waals surface area contributed by atoms with Crippen LogP contribution in [0.4, 0.5) is 11.4 Å². The molecule has 1 aliphatic rings. The average Bonchev–Trinajstić information content (AvgIpc) is 3.19. The van der Waals surface area contributed by atoms with Crippen LogP contribution in [0.3, 0.4) is 0 Å². The lowest BCUT2D eigenvalue weighted by atomic mass is 10.2. The standard InChI is InChI=1S/C25H36N4/c1-5-28(6-2)24-13-9-22(10-14-24)19-26-17-18-27(21-26)20-23-11-15-25(16-12-23)29(7-3)8-4/h9-16H,5-8,17-20H2,1-4H3. The molecule has 1 heterocycles. The smallest absolute Gasteiger partial charge is 0.147 e. The summed E-state index contributed by atoms with van der Waals surface area (Å²) < 4.78 is 0. The molecule has 0 N–H and O–H groups in total. The Bertz CT molecular complexity index is 654. The zero-order valence-corrected chi connectivity index (χ0v) is 18.6. The summed E-state index contributed by atoms with van der Waals surface area (Å²) in [5, 5.41) is 0. The molecule has 4 nitrogen and oxygen atoms in total. The highest BCUT2D eigenvalue weighted by Crippen LogP contribution is 2.21. The molecule has 0 aromatic heterocycles. The molecule has 3 rings (SSSR count). The van der Waals surface area contributed by atoms with E-state index >= 15 is 0 Å². The van der Waals surface area contributed by atoms with Gasteiger partial charge in [-0.05, 0) is 63.1 Å². The van der Waals surface area contributed by atoms with Crippen LogP contribution in [0.1, 0.15) is 38.8 Å². The fourth-order valence-corrected chi connectivity index (χ4v) is 4.01. The predicted octanol–water partition coefficient (Wildman–Crippen LogP) is 4.69. The van der Waals surface area contributed by atoms with Crippen molar-refractivity contribution in [3.8, 4) is 0 Å². The average molecular weight is 393 g/mol. The van der Waals surface area contributed by atoms with Crippen molar-refractivity contribution in [2.75, 3.05) is 49.1 Å². The van der Waals surface area contributed by atoms with Gasteiger partial charge in [-0.2, -0.15) is 0 Å². The highest BCUT2D eigenvalue weighted by atomic mass is 15.4. The molecule has 0 atom stereocenters. The monoisotopic (exact) mass is 392 g/mol. The van der Waals surface area contributed by atoms with E-state index in [-0.39, 0.29) is 0 Å². The summed E-state index contributed by atoms with van der Waals surface area (Å²) in [6.45, 7) is 20.5. The van der Waals surface area contributed by atoms with Crippen molar-refractivity contribution in [3.05, 3.63) is 66.3 Å². The van der Waals surface area contributed by atoms with Gasteiger partial charge in [0.1, 0.15) is 6.67 Å². The van der Waals surface area contributed by atoms with Gasteiger partial charge < -0.3 is 9.80 Å². The van der Waals surface area contributed by atoms with E-state index in [4.69, 9.17) is 0 Å². The SMILES string of the molecule is CCN(CC)c1ccc(CN2[C]N(Cc3ccc(N(CC)CC)cc3)CC2)cc1. The minimum atomic E-state index is 0.927. The fourth-order valence-electron chi connectivity index (χ4n) is 4.01. The molecule has 2 radical (unpaired) electrons. The zero-order chi connectivity index (χ0) is 20.6. The summed E-state index contributed by atoms with van der Waals surface area (Å²) in [5.41, 5.74) is 5.31. The van der Waals surface area contributed by atoms with E-state index in [1.54, 1.807) is 0 Å². The molecule has 0 saturated carbocycles. The fraction of sp³-hybridized carbons (Fsp3) is 0.480. The van der Waals surface area contributed by atoms with Crippen molar-refractivity contribution >= 4 is 11.4 Å². The lowest BCUT2D eigenvalue weighted by Gasteiger charge is -2.22. The Hall–Kier alpha value is -2.04. The highest BCUT2D eigenvalue weighted by molar-refractivity contribution is 5.48. The van der Waals surface area contributed by atoms with Crippen molar-refractivity contribution in [2.45, 2.75) is 40.8 Å². The van der Waals surface area contributed by atoms with Crippen molar-refractivity contribution in [2.24, 2.45) is 0 Å². The van der Waals surface area contributed by atoms with Crippen molar-refractivity contribution in [3.63, 3.8) is 0 Å². The second-order valence-electron chi connectivity index (χ2n) is 7.62. The number of rotatable bonds is 10. The maximum absolute atomic E-state index is 3.55. The molecule has 29 heavy (non-hydrogen) atoms. The molecule has 2 aromatic carbocycles. The van der Waals surface area contributed by atoms with Gasteiger partial charge in [-0.25, -0.2) is 0 Å². The van der Waals surface area contributed by atoms with Crippen LogP contribution in [0.15, 0.2) is 48.5 Å². The third-order valence-corrected chi connectivity index (χ3v) is 5.80. The van der Waals surface area contributed by atoms with Crippen LogP contribution < -0.4 is 9.80 Å². The van der Waals surface area contributed by atoms with E-state index in [0.717, 1.165) is 52.4 Å². The second kappa shape index (κ2) is 10.7. The normalized spacial score (nSPS) is 15.0. The third kappa shape index (κ3) is 5.74. The molecule has 0 bridgehead atoms. The van der Waals surface area contributed by atoms with Crippen molar-refractivity contribution in [1.82, 2.24) is 9.80 Å². The van der Waals surface area contributed by atoms with Gasteiger partial charge in [-0.15, -0.1) is 0 Å². The Morgan fingerprint density at radius 2 is 0.966 bits per heavy atom. The van der Waals surface area contributed by atoms with E-state index in [9.17, 15) is 0 Å². The Labute approximate surface area is 177 Å². The first-order valence-electron chi connectivity index (χ1n) is 11.1. The van der Waals surface area contributed by atoms with Crippen LogP contribution in [-0.2, 0) is 13.1 Å². The molecule has 0 amide bonds. The number of anilines is 2. The van der Waals surface area contributed by atoms with Crippen LogP contribution in [0.25, 0.3) is 0 Å². The summed E-state index contributed by atoms with van der Waals surface area (Å²) in [7, 11) is 0. The van der Waals surface area contributed by atoms with Gasteiger partial charge in [0.15, 0.2) is 0 Å². The van der Waals surface area contributed by atoms with Gasteiger partial charge >= 0.3 is 0 Å². The van der Waals surface area contributed by atoms with E-state index in [2.05, 4.69) is 102 Å². The zero-order valence-electron chi connectivity index (χ0n) is 18.6. The molecule has 0 spiro atoms. The summed E-state index contributed by atoms with van der Waals surface area (Å²) in [6.07, 6.45) is 0. The minimum Gasteiger partial charge on any atom is -0.372 e. The van der Waals surface area contributed by atoms with Gasteiger partial charge in [0.05, 0.1) is 0 Å². The molecule has 0 aliphatic carbocycles. The van der Waals surface area contributed by atoms with Crippen LogP contribution in [0.5, 0.6) is 0 Å². The maximum Gasteiger partial charge on any atom is 0.147 e. The molecule has 4 heteroatoms. The first kappa shape index (κ1) is 21.7. The predicted molar refractivity (Wildman–Crippen MR) is 124 cm³/mol. The minimum absolute atomic E-state index is 0.927. The van der Waals surface area contributed by atoms with E-state index < -0.39 is 0 Å². The molecular formula is C25H36N4. The summed E-state index contributed by atoms with van der Waals surface area (Å²) in [4.78, 5) is 9.36. The summed E-state index contributed by atoms with van der Waals surface area (Å²) in [5.74, 6) is 0. The topological polar surface area (TPSA) is 13.0 Å². The Morgan fingerprint density at radius 3 is 1.28 bits per heavy atom. The summed E-state index contributed by atoms with van der Waals surface area (Å²) >= 11 is 0. The molecule has 2 aromatic rings. The van der Waals surface area contributed by atoms with E-state index in [1.165, 1.54) is 22.5 Å². The third-order valence-electron chi connectivity index (χ3n) is 5.80. The van der Waals surface area contributed by atoms with Gasteiger partial charge in [0, 0.05) is 63.7 Å². The van der Waals surface area contributed by atoms with Crippen molar-refractivity contribution in [1.29, 1.82) is 0 Å². The first-order valence-corrected chi connectivity index (χ1v) is 11.1. The lowest BCUT2D eigenvalue weighted by molar-refractivity contribution is 0.314. The Morgan fingerprint density at radius 1 is 0.621 bits per heavy atom. The Balaban J connectivity index is 1.50. The van der Waals surface area contributed by atoms with Gasteiger partial charge in [-0.1, -0.05) is 24.3 Å². The highest BCUT2D eigenvalue weighted by Gasteiger charge is 2.21.